The molecule has 1 saturated carbocycles. The van der Waals surface area contributed by atoms with E-state index in [2.05, 4.69) is 67.4 Å². The number of H-pyrrole nitrogens is 1. The summed E-state index contributed by atoms with van der Waals surface area (Å²) < 4.78 is 0. The second kappa shape index (κ2) is 10.1. The number of piperazine rings is 1. The van der Waals surface area contributed by atoms with Crippen LogP contribution in [0.4, 0.5) is 17.5 Å². The molecule has 3 aromatic rings. The lowest BCUT2D eigenvalue weighted by Gasteiger charge is -2.34. The molecule has 1 aliphatic heterocycles. The van der Waals surface area contributed by atoms with Crippen molar-refractivity contribution in [1.29, 1.82) is 0 Å². The van der Waals surface area contributed by atoms with E-state index < -0.39 is 0 Å². The van der Waals surface area contributed by atoms with E-state index in [1.165, 1.54) is 56.3 Å². The van der Waals surface area contributed by atoms with Gasteiger partial charge in [-0.25, -0.2) is 4.98 Å². The molecule has 3 heterocycles. The van der Waals surface area contributed by atoms with Crippen molar-refractivity contribution in [3.05, 3.63) is 35.7 Å². The van der Waals surface area contributed by atoms with Gasteiger partial charge in [0, 0.05) is 44.5 Å². The highest BCUT2D eigenvalue weighted by molar-refractivity contribution is 5.84. The predicted molar refractivity (Wildman–Crippen MR) is 134 cm³/mol. The maximum atomic E-state index is 4.82. The van der Waals surface area contributed by atoms with Crippen molar-refractivity contribution >= 4 is 28.6 Å². The molecule has 2 fully saturated rings. The molecule has 1 aliphatic carbocycles. The van der Waals surface area contributed by atoms with E-state index in [1.807, 2.05) is 0 Å². The molecular weight excluding hydrogens is 412 g/mol. The standard InChI is InChI=1S/C25H36N8/c1-3-32-11-13-33(14-12-32)16-19-9-10-21(18(2)15-19)29-25-30-23-22(26-17-27-23)24(31-25)28-20-7-5-4-6-8-20/h9-10,15,17,20H,3-8,11-14,16H2,1-2H3,(H3,26,27,28,29,30,31). The number of anilines is 3. The lowest BCUT2D eigenvalue weighted by atomic mass is 9.95. The van der Waals surface area contributed by atoms with Crippen LogP contribution in [0.5, 0.6) is 0 Å². The number of imidazole rings is 1. The third kappa shape index (κ3) is 5.28. The van der Waals surface area contributed by atoms with Crippen molar-refractivity contribution in [3.8, 4) is 0 Å². The fraction of sp³-hybridized carbons (Fsp3) is 0.560. The van der Waals surface area contributed by atoms with Crippen LogP contribution in [-0.4, -0.2) is 68.5 Å². The molecule has 33 heavy (non-hydrogen) atoms. The number of nitrogens with one attached hydrogen (secondary N) is 3. The van der Waals surface area contributed by atoms with Crippen LogP contribution >= 0.6 is 0 Å². The zero-order valence-electron chi connectivity index (χ0n) is 19.9. The van der Waals surface area contributed by atoms with E-state index in [1.54, 1.807) is 6.33 Å². The Bertz CT molecular complexity index is 1060. The van der Waals surface area contributed by atoms with Crippen molar-refractivity contribution < 1.29 is 0 Å². The Labute approximate surface area is 196 Å². The lowest BCUT2D eigenvalue weighted by molar-refractivity contribution is 0.132. The molecule has 0 amide bonds. The van der Waals surface area contributed by atoms with E-state index >= 15 is 0 Å². The molecule has 0 atom stereocenters. The van der Waals surface area contributed by atoms with Crippen LogP contribution < -0.4 is 10.6 Å². The number of aromatic nitrogens is 4. The van der Waals surface area contributed by atoms with Gasteiger partial charge in [0.15, 0.2) is 11.5 Å². The van der Waals surface area contributed by atoms with Gasteiger partial charge in [-0.05, 0) is 43.5 Å². The number of likely N-dealkylation sites (N-methyl/N-ethyl adjacent to an activating group) is 1. The number of hydrogen-bond donors (Lipinski definition) is 3. The summed E-state index contributed by atoms with van der Waals surface area (Å²) in [5.74, 6) is 1.42. The maximum absolute atomic E-state index is 4.82. The van der Waals surface area contributed by atoms with Crippen molar-refractivity contribution in [2.75, 3.05) is 43.4 Å². The number of aryl methyl sites for hydroxylation is 1. The molecule has 8 heteroatoms. The minimum Gasteiger partial charge on any atom is -0.365 e. The SMILES string of the molecule is CCN1CCN(Cc2ccc(Nc3nc(NC4CCCCC4)c4[nH]cnc4n3)c(C)c2)CC1. The van der Waals surface area contributed by atoms with Gasteiger partial charge < -0.3 is 20.5 Å². The Hall–Kier alpha value is -2.71. The number of fused-ring (bicyclic) bond motifs is 1. The fourth-order valence-electron chi connectivity index (χ4n) is 5.04. The van der Waals surface area contributed by atoms with E-state index in [-0.39, 0.29) is 0 Å². The first-order valence-electron chi connectivity index (χ1n) is 12.5. The summed E-state index contributed by atoms with van der Waals surface area (Å²) in [5.41, 5.74) is 5.15. The highest BCUT2D eigenvalue weighted by Crippen LogP contribution is 2.27. The van der Waals surface area contributed by atoms with Gasteiger partial charge in [-0.15, -0.1) is 0 Å². The summed E-state index contributed by atoms with van der Waals surface area (Å²) in [4.78, 5) is 22.1. The van der Waals surface area contributed by atoms with E-state index in [0.29, 0.717) is 17.6 Å². The van der Waals surface area contributed by atoms with Gasteiger partial charge in [0.25, 0.3) is 0 Å². The summed E-state index contributed by atoms with van der Waals surface area (Å²) in [6, 6.07) is 7.12. The molecule has 0 radical (unpaired) electrons. The predicted octanol–water partition coefficient (Wildman–Crippen LogP) is 4.29. The normalized spacial score (nSPS) is 18.6. The van der Waals surface area contributed by atoms with Crippen LogP contribution in [0.15, 0.2) is 24.5 Å². The maximum Gasteiger partial charge on any atom is 0.231 e. The highest BCUT2D eigenvalue weighted by atomic mass is 15.3. The van der Waals surface area contributed by atoms with Crippen LogP contribution in [0.3, 0.4) is 0 Å². The minimum absolute atomic E-state index is 0.466. The third-order valence-electron chi connectivity index (χ3n) is 7.09. The largest absolute Gasteiger partial charge is 0.365 e. The molecule has 2 aliphatic rings. The second-order valence-electron chi connectivity index (χ2n) is 9.46. The van der Waals surface area contributed by atoms with E-state index in [0.717, 1.165) is 43.2 Å². The van der Waals surface area contributed by atoms with Gasteiger partial charge >= 0.3 is 0 Å². The lowest BCUT2D eigenvalue weighted by Crippen LogP contribution is -2.45. The van der Waals surface area contributed by atoms with Gasteiger partial charge in [-0.2, -0.15) is 9.97 Å². The zero-order chi connectivity index (χ0) is 22.6. The first kappa shape index (κ1) is 22.1. The smallest absolute Gasteiger partial charge is 0.231 e. The Morgan fingerprint density at radius 2 is 1.82 bits per heavy atom. The number of hydrogen-bond acceptors (Lipinski definition) is 7. The van der Waals surface area contributed by atoms with Gasteiger partial charge in [0.2, 0.25) is 5.95 Å². The van der Waals surface area contributed by atoms with Crippen molar-refractivity contribution in [1.82, 2.24) is 29.7 Å². The van der Waals surface area contributed by atoms with E-state index in [9.17, 15) is 0 Å². The summed E-state index contributed by atoms with van der Waals surface area (Å²) >= 11 is 0. The summed E-state index contributed by atoms with van der Waals surface area (Å²) in [7, 11) is 0. The Morgan fingerprint density at radius 3 is 2.58 bits per heavy atom. The topological polar surface area (TPSA) is 85.0 Å². The molecule has 8 nitrogen and oxygen atoms in total. The minimum atomic E-state index is 0.466. The van der Waals surface area contributed by atoms with Crippen molar-refractivity contribution in [3.63, 3.8) is 0 Å². The number of benzene rings is 1. The zero-order valence-corrected chi connectivity index (χ0v) is 19.9. The first-order valence-corrected chi connectivity index (χ1v) is 12.5. The van der Waals surface area contributed by atoms with Crippen LogP contribution in [0, 0.1) is 6.92 Å². The van der Waals surface area contributed by atoms with Gasteiger partial charge in [0.05, 0.1) is 6.33 Å². The first-order chi connectivity index (χ1) is 16.2. The molecule has 5 rings (SSSR count). The molecule has 0 bridgehead atoms. The number of nitrogens with zero attached hydrogens (tertiary/aromatic N) is 5. The molecule has 1 aromatic carbocycles. The average Bonchev–Trinajstić information content (AvgIpc) is 3.31. The third-order valence-corrected chi connectivity index (χ3v) is 7.09. The van der Waals surface area contributed by atoms with Crippen LogP contribution in [0.25, 0.3) is 11.2 Å². The van der Waals surface area contributed by atoms with Crippen LogP contribution in [-0.2, 0) is 6.54 Å². The van der Waals surface area contributed by atoms with Crippen molar-refractivity contribution in [2.24, 2.45) is 0 Å². The Kier molecular flexibility index (Phi) is 6.73. The highest BCUT2D eigenvalue weighted by Gasteiger charge is 2.18. The molecule has 176 valence electrons. The fourth-order valence-corrected chi connectivity index (χ4v) is 5.04. The monoisotopic (exact) mass is 448 g/mol. The molecule has 0 spiro atoms. The van der Waals surface area contributed by atoms with E-state index in [4.69, 9.17) is 4.98 Å². The molecule has 3 N–H and O–H groups in total. The van der Waals surface area contributed by atoms with Crippen LogP contribution in [0.2, 0.25) is 0 Å². The quantitative estimate of drug-likeness (QED) is 0.497. The van der Waals surface area contributed by atoms with Crippen molar-refractivity contribution in [2.45, 2.75) is 58.5 Å². The molecule has 2 aromatic heterocycles. The van der Waals surface area contributed by atoms with Crippen LogP contribution in [0.1, 0.15) is 50.2 Å². The molecule has 1 saturated heterocycles. The summed E-state index contributed by atoms with van der Waals surface area (Å²) in [5, 5.41) is 7.08. The Balaban J connectivity index is 1.29. The van der Waals surface area contributed by atoms with Gasteiger partial charge in [0.1, 0.15) is 5.52 Å². The number of rotatable bonds is 7. The number of aromatic amines is 1. The molecule has 0 unspecified atom stereocenters. The van der Waals surface area contributed by atoms with Gasteiger partial charge in [-0.1, -0.05) is 38.3 Å². The average molecular weight is 449 g/mol. The van der Waals surface area contributed by atoms with Gasteiger partial charge in [-0.3, -0.25) is 4.90 Å². The summed E-state index contributed by atoms with van der Waals surface area (Å²) in [6.07, 6.45) is 7.96. The second-order valence-corrected chi connectivity index (χ2v) is 9.46. The summed E-state index contributed by atoms with van der Waals surface area (Å²) in [6.45, 7) is 11.2. The Morgan fingerprint density at radius 1 is 1.03 bits per heavy atom. The molecular formula is C25H36N8.